The predicted octanol–water partition coefficient (Wildman–Crippen LogP) is 4.78. The molecule has 1 fully saturated rings. The fourth-order valence-electron chi connectivity index (χ4n) is 6.02. The summed E-state index contributed by atoms with van der Waals surface area (Å²) in [4.78, 5) is 46.5. The zero-order chi connectivity index (χ0) is 33.6. The van der Waals surface area contributed by atoms with Gasteiger partial charge in [-0.3, -0.25) is 9.48 Å². The molecule has 1 saturated carbocycles. The van der Waals surface area contributed by atoms with Gasteiger partial charge in [0.2, 0.25) is 5.91 Å². The number of benzene rings is 1. The molecular formula is C35H46N6O6. The summed E-state index contributed by atoms with van der Waals surface area (Å²) in [6.45, 7) is 7.46. The highest BCUT2D eigenvalue weighted by Crippen LogP contribution is 2.46. The average molecular weight is 647 g/mol. The second-order valence-electron chi connectivity index (χ2n) is 12.3. The van der Waals surface area contributed by atoms with Crippen molar-refractivity contribution in [3.8, 4) is 22.8 Å². The van der Waals surface area contributed by atoms with Crippen molar-refractivity contribution in [2.75, 3.05) is 33.9 Å². The molecule has 3 heterocycles. The van der Waals surface area contributed by atoms with Crippen molar-refractivity contribution >= 4 is 28.8 Å². The number of nitrogens with one attached hydrogen (secondary N) is 2. The Morgan fingerprint density at radius 3 is 2.77 bits per heavy atom. The summed E-state index contributed by atoms with van der Waals surface area (Å²) in [6.07, 6.45) is 11.9. The van der Waals surface area contributed by atoms with Gasteiger partial charge in [0.25, 0.3) is 0 Å². The maximum Gasteiger partial charge on any atom is 0.332 e. The number of amides is 3. The van der Waals surface area contributed by atoms with Crippen LogP contribution in [0.4, 0.5) is 4.79 Å². The molecule has 252 valence electrons. The number of urea groups is 1. The van der Waals surface area contributed by atoms with Gasteiger partial charge in [0.1, 0.15) is 23.1 Å². The van der Waals surface area contributed by atoms with Crippen LogP contribution in [0, 0.1) is 12.8 Å². The monoisotopic (exact) mass is 646 g/mol. The van der Waals surface area contributed by atoms with Crippen LogP contribution in [-0.4, -0.2) is 83.1 Å². The molecule has 0 unspecified atom stereocenters. The maximum absolute atomic E-state index is 13.8. The molecule has 1 aliphatic carbocycles. The lowest BCUT2D eigenvalue weighted by atomic mass is 10.1. The highest BCUT2D eigenvalue weighted by molar-refractivity contribution is 5.95. The van der Waals surface area contributed by atoms with Crippen LogP contribution in [0.5, 0.6) is 11.5 Å². The quantitative estimate of drug-likeness (QED) is 0.237. The SMILES string of the molecule is CCCn1cc(-c2cc(OCC[C@@H]3NC(=O)N(C)CCCCC=C[C@@H]4C[C@@]4(C(=O)OCC)NC3=O)c3ccc(OC)c(C)c3n2)cn1. The third-order valence-corrected chi connectivity index (χ3v) is 8.86. The fraction of sp³-hybridized carbons (Fsp3) is 0.514. The highest BCUT2D eigenvalue weighted by atomic mass is 16.5. The first-order chi connectivity index (χ1) is 22.7. The molecule has 1 aliphatic heterocycles. The number of carbonyl (C=O) groups is 3. The summed E-state index contributed by atoms with van der Waals surface area (Å²) in [6, 6.07) is 4.34. The number of methoxy groups -OCH3 is 1. The number of esters is 1. The van der Waals surface area contributed by atoms with Crippen molar-refractivity contribution in [1.82, 2.24) is 30.3 Å². The Hall–Kier alpha value is -4.61. The lowest BCUT2D eigenvalue weighted by molar-refractivity contribution is -0.149. The third kappa shape index (κ3) is 7.52. The Kier molecular flexibility index (Phi) is 10.7. The zero-order valence-corrected chi connectivity index (χ0v) is 28.0. The molecule has 3 amide bonds. The van der Waals surface area contributed by atoms with Crippen LogP contribution < -0.4 is 20.1 Å². The number of hydrogen-bond acceptors (Lipinski definition) is 8. The van der Waals surface area contributed by atoms with Crippen LogP contribution in [0.15, 0.2) is 42.7 Å². The van der Waals surface area contributed by atoms with E-state index in [4.69, 9.17) is 19.2 Å². The molecule has 0 spiro atoms. The van der Waals surface area contributed by atoms with Crippen LogP contribution in [0.2, 0.25) is 0 Å². The number of nitrogens with zero attached hydrogens (tertiary/aromatic N) is 4. The van der Waals surface area contributed by atoms with Crippen molar-refractivity contribution in [3.05, 3.63) is 48.3 Å². The Labute approximate surface area is 275 Å². The van der Waals surface area contributed by atoms with Crippen LogP contribution >= 0.6 is 0 Å². The van der Waals surface area contributed by atoms with Crippen molar-refractivity contribution in [3.63, 3.8) is 0 Å². The molecule has 47 heavy (non-hydrogen) atoms. The molecule has 2 N–H and O–H groups in total. The normalized spacial score (nSPS) is 21.8. The minimum Gasteiger partial charge on any atom is -0.496 e. The summed E-state index contributed by atoms with van der Waals surface area (Å²) in [5.74, 6) is 0.214. The molecule has 12 heteroatoms. The van der Waals surface area contributed by atoms with Crippen LogP contribution in [0.25, 0.3) is 22.2 Å². The molecule has 3 atom stereocenters. The number of rotatable bonds is 10. The molecule has 12 nitrogen and oxygen atoms in total. The van der Waals surface area contributed by atoms with Gasteiger partial charge >= 0.3 is 12.0 Å². The Balaban J connectivity index is 1.41. The molecule has 2 aromatic heterocycles. The Bertz CT molecular complexity index is 1640. The van der Waals surface area contributed by atoms with Crippen molar-refractivity contribution < 1.29 is 28.6 Å². The first kappa shape index (κ1) is 33.7. The molecule has 5 rings (SSSR count). The average Bonchev–Trinajstić information content (AvgIpc) is 3.55. The standard InChI is InChI=1S/C35H46N6O6/c1-6-16-41-22-24(21-36-41)28-19-30(26-13-14-29(45-5)23(3)31(26)37-28)47-18-15-27-32(42)39-35(33(43)46-7-2)20-25(35)12-10-8-9-11-17-40(4)34(44)38-27/h10,12-14,19,21-22,25,27H,6-9,11,15-18,20H2,1-5H3,(H,38,44)(H,39,42)/t25-,27+,35-/m1/s1. The number of pyridine rings is 1. The molecule has 1 aromatic carbocycles. The van der Waals surface area contributed by atoms with Crippen LogP contribution in [-0.2, 0) is 20.9 Å². The Morgan fingerprint density at radius 1 is 1.17 bits per heavy atom. The number of aromatic nitrogens is 3. The van der Waals surface area contributed by atoms with E-state index in [0.717, 1.165) is 54.3 Å². The van der Waals surface area contributed by atoms with Crippen molar-refractivity contribution in [2.45, 2.75) is 77.4 Å². The second-order valence-corrected chi connectivity index (χ2v) is 12.3. The first-order valence-corrected chi connectivity index (χ1v) is 16.5. The third-order valence-electron chi connectivity index (χ3n) is 8.86. The van der Waals surface area contributed by atoms with Gasteiger partial charge < -0.3 is 29.7 Å². The van der Waals surface area contributed by atoms with E-state index in [2.05, 4.69) is 22.7 Å². The number of allylic oxidation sites excluding steroid dienone is 1. The van der Waals surface area contributed by atoms with Crippen LogP contribution in [0.3, 0.4) is 0 Å². The van der Waals surface area contributed by atoms with E-state index in [-0.39, 0.29) is 31.6 Å². The number of fused-ring (bicyclic) bond motifs is 2. The van der Waals surface area contributed by atoms with E-state index in [1.165, 1.54) is 0 Å². The lowest BCUT2D eigenvalue weighted by Crippen LogP contribution is -2.56. The number of aryl methyl sites for hydroxylation is 2. The van der Waals surface area contributed by atoms with E-state index >= 15 is 0 Å². The van der Waals surface area contributed by atoms with Crippen molar-refractivity contribution in [2.24, 2.45) is 5.92 Å². The minimum atomic E-state index is -1.14. The summed E-state index contributed by atoms with van der Waals surface area (Å²) in [5, 5.41) is 11.1. The number of ether oxygens (including phenoxy) is 3. The van der Waals surface area contributed by atoms with Gasteiger partial charge in [-0.1, -0.05) is 19.1 Å². The summed E-state index contributed by atoms with van der Waals surface area (Å²) in [7, 11) is 3.34. The summed E-state index contributed by atoms with van der Waals surface area (Å²) in [5.41, 5.74) is 2.01. The molecule has 3 aromatic rings. The van der Waals surface area contributed by atoms with Crippen LogP contribution in [0.1, 0.15) is 57.9 Å². The zero-order valence-electron chi connectivity index (χ0n) is 28.0. The van der Waals surface area contributed by atoms with E-state index in [1.807, 2.05) is 48.2 Å². The lowest BCUT2D eigenvalue weighted by Gasteiger charge is -2.26. The summed E-state index contributed by atoms with van der Waals surface area (Å²) < 4.78 is 19.2. The van der Waals surface area contributed by atoms with Crippen molar-refractivity contribution in [1.29, 1.82) is 0 Å². The number of hydrogen-bond donors (Lipinski definition) is 2. The smallest absolute Gasteiger partial charge is 0.332 e. The van der Waals surface area contributed by atoms with Gasteiger partial charge in [-0.05, 0) is 58.1 Å². The predicted molar refractivity (Wildman–Crippen MR) is 178 cm³/mol. The second kappa shape index (κ2) is 14.9. The van der Waals surface area contributed by atoms with E-state index in [1.54, 1.807) is 32.2 Å². The van der Waals surface area contributed by atoms with E-state index < -0.39 is 23.5 Å². The van der Waals surface area contributed by atoms with E-state index in [0.29, 0.717) is 30.2 Å². The Morgan fingerprint density at radius 2 is 2.00 bits per heavy atom. The largest absolute Gasteiger partial charge is 0.496 e. The summed E-state index contributed by atoms with van der Waals surface area (Å²) >= 11 is 0. The van der Waals surface area contributed by atoms with Gasteiger partial charge in [0.05, 0.1) is 37.7 Å². The first-order valence-electron chi connectivity index (χ1n) is 16.5. The molecule has 2 aliphatic rings. The fourth-order valence-corrected chi connectivity index (χ4v) is 6.02. The van der Waals surface area contributed by atoms with Gasteiger partial charge in [-0.15, -0.1) is 0 Å². The number of carbonyl (C=O) groups excluding carboxylic acids is 3. The molecule has 0 radical (unpaired) electrons. The maximum atomic E-state index is 13.8. The topological polar surface area (TPSA) is 137 Å². The van der Waals surface area contributed by atoms with Gasteiger partial charge in [0, 0.05) is 61.3 Å². The molecule has 0 saturated heterocycles. The van der Waals surface area contributed by atoms with Gasteiger partial charge in [0.15, 0.2) is 0 Å². The van der Waals surface area contributed by atoms with E-state index in [9.17, 15) is 14.4 Å². The highest BCUT2D eigenvalue weighted by Gasteiger charge is 2.61. The van der Waals surface area contributed by atoms with Gasteiger partial charge in [-0.25, -0.2) is 14.6 Å². The molecule has 0 bridgehead atoms. The van der Waals surface area contributed by atoms with Gasteiger partial charge in [-0.2, -0.15) is 5.10 Å². The molecular weight excluding hydrogens is 600 g/mol. The minimum absolute atomic E-state index is 0.108.